The normalized spacial score (nSPS) is 10.9. The fourth-order valence-electron chi connectivity index (χ4n) is 3.82. The highest BCUT2D eigenvalue weighted by atomic mass is 15.4. The second kappa shape index (κ2) is 9.07. The van der Waals surface area contributed by atoms with E-state index in [0.717, 1.165) is 51.0 Å². The molecule has 0 atom stereocenters. The van der Waals surface area contributed by atoms with E-state index in [-0.39, 0.29) is 0 Å². The van der Waals surface area contributed by atoms with Crippen LogP contribution in [0.4, 0.5) is 0 Å². The lowest BCUT2D eigenvalue weighted by atomic mass is 10.0. The first-order valence-corrected chi connectivity index (χ1v) is 11.1. The molecular weight excluding hydrogens is 434 g/mol. The van der Waals surface area contributed by atoms with Crippen molar-refractivity contribution in [2.75, 3.05) is 0 Å². The monoisotopic (exact) mass is 453 g/mol. The molecule has 7 nitrogen and oxygen atoms in total. The van der Waals surface area contributed by atoms with Crippen LogP contribution in [-0.2, 0) is 0 Å². The zero-order valence-corrected chi connectivity index (χ0v) is 18.6. The summed E-state index contributed by atoms with van der Waals surface area (Å²) in [7, 11) is 0. The third kappa shape index (κ3) is 4.30. The van der Waals surface area contributed by atoms with Crippen molar-refractivity contribution in [3.05, 3.63) is 116 Å². The van der Waals surface area contributed by atoms with Gasteiger partial charge in [0.25, 0.3) is 0 Å². The van der Waals surface area contributed by atoms with E-state index < -0.39 is 0 Å². The summed E-state index contributed by atoms with van der Waals surface area (Å²) in [4.78, 5) is 18.2. The average Bonchev–Trinajstić information content (AvgIpc) is 3.45. The molecule has 6 rings (SSSR count). The Balaban J connectivity index is 1.37. The Morgan fingerprint density at radius 3 is 1.54 bits per heavy atom. The summed E-state index contributed by atoms with van der Waals surface area (Å²) in [6, 6.07) is 29.7. The van der Waals surface area contributed by atoms with Gasteiger partial charge in [0.05, 0.1) is 40.4 Å². The summed E-state index contributed by atoms with van der Waals surface area (Å²) >= 11 is 0. The van der Waals surface area contributed by atoms with Crippen molar-refractivity contribution in [3.63, 3.8) is 0 Å². The van der Waals surface area contributed by atoms with Gasteiger partial charge in [0.15, 0.2) is 0 Å². The lowest BCUT2D eigenvalue weighted by Crippen LogP contribution is -1.96. The molecule has 7 heteroatoms. The van der Waals surface area contributed by atoms with Crippen LogP contribution in [0.3, 0.4) is 0 Å². The zero-order chi connectivity index (χ0) is 23.5. The Labute approximate surface area is 201 Å². The first-order valence-electron chi connectivity index (χ1n) is 11.1. The van der Waals surface area contributed by atoms with Crippen molar-refractivity contribution < 1.29 is 0 Å². The van der Waals surface area contributed by atoms with Gasteiger partial charge in [-0.2, -0.15) is 0 Å². The van der Waals surface area contributed by atoms with Crippen LogP contribution in [0.1, 0.15) is 0 Å². The second-order valence-corrected chi connectivity index (χ2v) is 7.87. The summed E-state index contributed by atoms with van der Waals surface area (Å²) in [5, 5.41) is 8.54. The molecule has 0 radical (unpaired) electrons. The minimum absolute atomic E-state index is 0.726. The lowest BCUT2D eigenvalue weighted by molar-refractivity contribution is 0.804. The Bertz CT molecular complexity index is 1510. The smallest absolute Gasteiger partial charge is 0.131 e. The Kier molecular flexibility index (Phi) is 5.33. The minimum atomic E-state index is 0.726. The molecule has 1 aromatic carbocycles. The molecule has 6 aromatic rings. The summed E-state index contributed by atoms with van der Waals surface area (Å²) in [6.45, 7) is 0. The van der Waals surface area contributed by atoms with Gasteiger partial charge in [-0.25, -0.2) is 9.67 Å². The van der Waals surface area contributed by atoms with Crippen molar-refractivity contribution in [1.82, 2.24) is 34.9 Å². The highest BCUT2D eigenvalue weighted by molar-refractivity contribution is 5.75. The minimum Gasteiger partial charge on any atom is -0.255 e. The molecule has 0 bridgehead atoms. The molecule has 0 aliphatic rings. The maximum absolute atomic E-state index is 4.84. The van der Waals surface area contributed by atoms with Gasteiger partial charge in [-0.15, -0.1) is 5.10 Å². The standard InChI is InChI=1S/C28H19N7/c1-4-14-29-23(7-1)26-17-21(18-27(32-26)24-8-2-5-15-30-24)20-10-12-22(13-11-20)35-19-28(33-34-35)25-9-3-6-16-31-25/h1-19H. The fourth-order valence-corrected chi connectivity index (χ4v) is 3.82. The van der Waals surface area contributed by atoms with Gasteiger partial charge in [0.2, 0.25) is 0 Å². The molecule has 0 saturated heterocycles. The first kappa shape index (κ1) is 20.6. The number of rotatable bonds is 5. The number of benzene rings is 1. The van der Waals surface area contributed by atoms with Gasteiger partial charge < -0.3 is 0 Å². The molecule has 35 heavy (non-hydrogen) atoms. The number of nitrogens with zero attached hydrogens (tertiary/aromatic N) is 7. The Morgan fingerprint density at radius 2 is 1.03 bits per heavy atom. The molecule has 0 aliphatic heterocycles. The molecular formula is C28H19N7. The second-order valence-electron chi connectivity index (χ2n) is 7.87. The maximum Gasteiger partial charge on any atom is 0.131 e. The van der Waals surface area contributed by atoms with Crippen LogP contribution in [0.2, 0.25) is 0 Å². The number of hydrogen-bond donors (Lipinski definition) is 0. The average molecular weight is 454 g/mol. The summed E-state index contributed by atoms with van der Waals surface area (Å²) in [6.07, 6.45) is 7.17. The zero-order valence-electron chi connectivity index (χ0n) is 18.6. The molecule has 0 N–H and O–H groups in total. The van der Waals surface area contributed by atoms with Crippen LogP contribution in [0.25, 0.3) is 51.0 Å². The summed E-state index contributed by atoms with van der Waals surface area (Å²) in [5.74, 6) is 0. The van der Waals surface area contributed by atoms with Gasteiger partial charge in [-0.1, -0.05) is 35.5 Å². The van der Waals surface area contributed by atoms with Gasteiger partial charge >= 0.3 is 0 Å². The van der Waals surface area contributed by atoms with Crippen LogP contribution in [-0.4, -0.2) is 34.9 Å². The van der Waals surface area contributed by atoms with Crippen molar-refractivity contribution in [1.29, 1.82) is 0 Å². The van der Waals surface area contributed by atoms with E-state index in [2.05, 4.69) is 49.5 Å². The van der Waals surface area contributed by atoms with Crippen LogP contribution in [0.5, 0.6) is 0 Å². The van der Waals surface area contributed by atoms with E-state index >= 15 is 0 Å². The largest absolute Gasteiger partial charge is 0.255 e. The SMILES string of the molecule is c1ccc(-c2cn(-c3ccc(-c4cc(-c5ccccn5)nc(-c5ccccn5)c4)cc3)nn2)nc1. The van der Waals surface area contributed by atoms with Crippen molar-refractivity contribution in [2.45, 2.75) is 0 Å². The quantitative estimate of drug-likeness (QED) is 0.342. The van der Waals surface area contributed by atoms with Crippen LogP contribution in [0, 0.1) is 0 Å². The van der Waals surface area contributed by atoms with Gasteiger partial charge in [-0.3, -0.25) is 15.0 Å². The Morgan fingerprint density at radius 1 is 0.486 bits per heavy atom. The van der Waals surface area contributed by atoms with E-state index in [1.807, 2.05) is 72.9 Å². The van der Waals surface area contributed by atoms with E-state index in [4.69, 9.17) is 4.98 Å². The third-order valence-corrected chi connectivity index (χ3v) is 5.57. The van der Waals surface area contributed by atoms with E-state index in [1.165, 1.54) is 0 Å². The van der Waals surface area contributed by atoms with Crippen LogP contribution < -0.4 is 0 Å². The Hall–Kier alpha value is -5.04. The van der Waals surface area contributed by atoms with Crippen molar-refractivity contribution in [3.8, 4) is 51.0 Å². The van der Waals surface area contributed by atoms with Crippen LogP contribution >= 0.6 is 0 Å². The maximum atomic E-state index is 4.84. The lowest BCUT2D eigenvalue weighted by Gasteiger charge is -2.10. The van der Waals surface area contributed by atoms with Gasteiger partial charge in [0.1, 0.15) is 5.69 Å². The van der Waals surface area contributed by atoms with Gasteiger partial charge in [0, 0.05) is 18.6 Å². The number of pyridine rings is 4. The molecule has 0 saturated carbocycles. The van der Waals surface area contributed by atoms with E-state index in [1.54, 1.807) is 23.3 Å². The molecule has 0 spiro atoms. The molecule has 0 unspecified atom stereocenters. The number of aromatic nitrogens is 7. The van der Waals surface area contributed by atoms with Crippen molar-refractivity contribution >= 4 is 0 Å². The van der Waals surface area contributed by atoms with E-state index in [9.17, 15) is 0 Å². The predicted molar refractivity (Wildman–Crippen MR) is 134 cm³/mol. The third-order valence-electron chi connectivity index (χ3n) is 5.57. The highest BCUT2D eigenvalue weighted by Crippen LogP contribution is 2.29. The first-order chi connectivity index (χ1) is 17.3. The number of hydrogen-bond acceptors (Lipinski definition) is 6. The summed E-state index contributed by atoms with van der Waals surface area (Å²) in [5.41, 5.74) is 7.72. The summed E-state index contributed by atoms with van der Waals surface area (Å²) < 4.78 is 1.75. The van der Waals surface area contributed by atoms with Gasteiger partial charge in [-0.05, 0) is 71.8 Å². The van der Waals surface area contributed by atoms with Crippen LogP contribution in [0.15, 0.2) is 116 Å². The molecule has 5 aromatic heterocycles. The van der Waals surface area contributed by atoms with E-state index in [0.29, 0.717) is 0 Å². The predicted octanol–water partition coefficient (Wildman–Crippen LogP) is 5.52. The topological polar surface area (TPSA) is 82.3 Å². The van der Waals surface area contributed by atoms with Crippen molar-refractivity contribution in [2.24, 2.45) is 0 Å². The molecule has 0 amide bonds. The molecule has 5 heterocycles. The fraction of sp³-hybridized carbons (Fsp3) is 0. The molecule has 0 fully saturated rings. The molecule has 0 aliphatic carbocycles. The molecule has 166 valence electrons. The highest BCUT2D eigenvalue weighted by Gasteiger charge is 2.11.